The Morgan fingerprint density at radius 2 is 2.10 bits per heavy atom. The van der Waals surface area contributed by atoms with Crippen LogP contribution in [-0.4, -0.2) is 15.7 Å². The smallest absolute Gasteiger partial charge is 0.226 e. The zero-order chi connectivity index (χ0) is 14.4. The molecule has 2 heterocycles. The average Bonchev–Trinajstić information content (AvgIpc) is 2.67. The monoisotopic (exact) mass is 309 g/mol. The predicted molar refractivity (Wildman–Crippen MR) is 79.5 cm³/mol. The summed E-state index contributed by atoms with van der Waals surface area (Å²) in [7, 11) is 1.82. The second kappa shape index (κ2) is 4.79. The zero-order valence-electron chi connectivity index (χ0n) is 11.1. The Morgan fingerprint density at radius 3 is 2.80 bits per heavy atom. The summed E-state index contributed by atoms with van der Waals surface area (Å²) in [5, 5.41) is 8.27. The largest absolute Gasteiger partial charge is 0.311 e. The molecule has 1 N–H and O–H groups in total. The second-order valence-electron chi connectivity index (χ2n) is 4.95. The first-order chi connectivity index (χ1) is 9.47. The van der Waals surface area contributed by atoms with Crippen LogP contribution in [0.4, 0.5) is 5.82 Å². The Hall–Kier alpha value is -1.52. The van der Waals surface area contributed by atoms with E-state index in [1.54, 1.807) is 10.7 Å². The van der Waals surface area contributed by atoms with Crippen molar-refractivity contribution in [2.24, 2.45) is 7.05 Å². The van der Waals surface area contributed by atoms with Gasteiger partial charge in [-0.05, 0) is 24.6 Å². The molecule has 0 saturated heterocycles. The quantitative estimate of drug-likeness (QED) is 0.876. The molecule has 3 rings (SSSR count). The molecule has 0 fully saturated rings. The SMILES string of the molecule is Cc1nn(C)c2c1[C@H](c1ccc(Cl)c(Cl)c1)CC(=O)N2. The molecule has 1 aliphatic rings. The third kappa shape index (κ3) is 2.09. The molecule has 2 aromatic rings. The van der Waals surface area contributed by atoms with Crippen molar-refractivity contribution in [3.63, 3.8) is 0 Å². The molecule has 1 aliphatic heterocycles. The van der Waals surface area contributed by atoms with Crippen LogP contribution in [0.2, 0.25) is 10.0 Å². The number of carbonyl (C=O) groups is 1. The highest BCUT2D eigenvalue weighted by Gasteiger charge is 2.31. The summed E-state index contributed by atoms with van der Waals surface area (Å²) in [6, 6.07) is 5.49. The van der Waals surface area contributed by atoms with Gasteiger partial charge in [-0.25, -0.2) is 0 Å². The fourth-order valence-corrected chi connectivity index (χ4v) is 3.03. The maximum atomic E-state index is 11.9. The molecule has 6 heteroatoms. The van der Waals surface area contributed by atoms with Crippen molar-refractivity contribution in [3.8, 4) is 0 Å². The van der Waals surface area contributed by atoms with Gasteiger partial charge in [-0.1, -0.05) is 29.3 Å². The number of fused-ring (bicyclic) bond motifs is 1. The maximum absolute atomic E-state index is 11.9. The second-order valence-corrected chi connectivity index (χ2v) is 5.76. The maximum Gasteiger partial charge on any atom is 0.226 e. The van der Waals surface area contributed by atoms with Gasteiger partial charge in [0.05, 0.1) is 15.7 Å². The number of rotatable bonds is 1. The van der Waals surface area contributed by atoms with E-state index < -0.39 is 0 Å². The van der Waals surface area contributed by atoms with Crippen molar-refractivity contribution in [1.82, 2.24) is 9.78 Å². The van der Waals surface area contributed by atoms with Crippen molar-refractivity contribution < 1.29 is 4.79 Å². The summed E-state index contributed by atoms with van der Waals surface area (Å²) in [6.07, 6.45) is 0.386. The van der Waals surface area contributed by atoms with Gasteiger partial charge in [-0.3, -0.25) is 9.48 Å². The average molecular weight is 310 g/mol. The highest BCUT2D eigenvalue weighted by atomic mass is 35.5. The third-order valence-electron chi connectivity index (χ3n) is 3.61. The van der Waals surface area contributed by atoms with E-state index in [0.29, 0.717) is 16.5 Å². The first kappa shape index (κ1) is 13.5. The Morgan fingerprint density at radius 1 is 1.35 bits per heavy atom. The van der Waals surface area contributed by atoms with E-state index in [4.69, 9.17) is 23.2 Å². The molecule has 0 aliphatic carbocycles. The molecule has 20 heavy (non-hydrogen) atoms. The van der Waals surface area contributed by atoms with Gasteiger partial charge < -0.3 is 5.32 Å². The van der Waals surface area contributed by atoms with Crippen molar-refractivity contribution in [2.75, 3.05) is 5.32 Å². The van der Waals surface area contributed by atoms with Gasteiger partial charge >= 0.3 is 0 Å². The lowest BCUT2D eigenvalue weighted by Gasteiger charge is -2.24. The van der Waals surface area contributed by atoms with Crippen LogP contribution in [0.5, 0.6) is 0 Å². The predicted octanol–water partition coefficient (Wildman–Crippen LogP) is 3.51. The lowest BCUT2D eigenvalue weighted by atomic mass is 9.86. The van der Waals surface area contributed by atoms with Crippen molar-refractivity contribution in [3.05, 3.63) is 45.1 Å². The lowest BCUT2D eigenvalue weighted by Crippen LogP contribution is -2.24. The van der Waals surface area contributed by atoms with Crippen LogP contribution < -0.4 is 5.32 Å². The number of nitrogens with one attached hydrogen (secondary N) is 1. The fourth-order valence-electron chi connectivity index (χ4n) is 2.72. The molecule has 104 valence electrons. The minimum absolute atomic E-state index is 0.0171. The molecule has 1 aromatic heterocycles. The van der Waals surface area contributed by atoms with Gasteiger partial charge in [0.2, 0.25) is 5.91 Å². The molecule has 1 amide bonds. The highest BCUT2D eigenvalue weighted by Crippen LogP contribution is 2.40. The number of amides is 1. The van der Waals surface area contributed by atoms with Crippen LogP contribution in [0.1, 0.15) is 29.2 Å². The van der Waals surface area contributed by atoms with E-state index in [1.165, 1.54) is 0 Å². The van der Waals surface area contributed by atoms with Gasteiger partial charge in [-0.2, -0.15) is 5.10 Å². The van der Waals surface area contributed by atoms with E-state index in [1.807, 2.05) is 26.1 Å². The standard InChI is InChI=1S/C14H13Cl2N3O/c1-7-13-9(8-3-4-10(15)11(16)5-8)6-12(20)17-14(13)19(2)18-7/h3-5,9H,6H2,1-2H3,(H,17,20)/t9-/m0/s1. The van der Waals surface area contributed by atoms with Crippen LogP contribution in [0.3, 0.4) is 0 Å². The summed E-state index contributed by atoms with van der Waals surface area (Å²) >= 11 is 12.0. The summed E-state index contributed by atoms with van der Waals surface area (Å²) in [4.78, 5) is 11.9. The normalized spacial score (nSPS) is 17.8. The topological polar surface area (TPSA) is 46.9 Å². The number of nitrogens with zero attached hydrogens (tertiary/aromatic N) is 2. The third-order valence-corrected chi connectivity index (χ3v) is 4.35. The highest BCUT2D eigenvalue weighted by molar-refractivity contribution is 6.42. The first-order valence-electron chi connectivity index (χ1n) is 6.25. The molecule has 0 bridgehead atoms. The Balaban J connectivity index is 2.15. The number of halogens is 2. The minimum Gasteiger partial charge on any atom is -0.311 e. The number of hydrogen-bond donors (Lipinski definition) is 1. The summed E-state index contributed by atoms with van der Waals surface area (Å²) < 4.78 is 1.70. The van der Waals surface area contributed by atoms with E-state index >= 15 is 0 Å². The lowest BCUT2D eigenvalue weighted by molar-refractivity contribution is -0.116. The molecule has 1 atom stereocenters. The van der Waals surface area contributed by atoms with E-state index in [-0.39, 0.29) is 11.8 Å². The summed E-state index contributed by atoms with van der Waals surface area (Å²) in [5.41, 5.74) is 2.94. The van der Waals surface area contributed by atoms with Gasteiger partial charge in [0.15, 0.2) is 0 Å². The van der Waals surface area contributed by atoms with E-state index in [0.717, 1.165) is 22.6 Å². The zero-order valence-corrected chi connectivity index (χ0v) is 12.6. The Labute approximate surface area is 126 Å². The van der Waals surface area contributed by atoms with Crippen LogP contribution in [0.25, 0.3) is 0 Å². The summed E-state index contributed by atoms with van der Waals surface area (Å²) in [6.45, 7) is 1.95. The molecule has 0 unspecified atom stereocenters. The van der Waals surface area contributed by atoms with Crippen molar-refractivity contribution in [1.29, 1.82) is 0 Å². The molecule has 4 nitrogen and oxygen atoms in total. The van der Waals surface area contributed by atoms with Crippen LogP contribution >= 0.6 is 23.2 Å². The van der Waals surface area contributed by atoms with Crippen molar-refractivity contribution >= 4 is 34.9 Å². The first-order valence-corrected chi connectivity index (χ1v) is 7.01. The molecule has 0 saturated carbocycles. The van der Waals surface area contributed by atoms with Gasteiger partial charge in [0.25, 0.3) is 0 Å². The van der Waals surface area contributed by atoms with Crippen LogP contribution in [0, 0.1) is 6.92 Å². The molecular formula is C14H13Cl2N3O. The molecule has 0 spiro atoms. The minimum atomic E-state index is -0.0396. The van der Waals surface area contributed by atoms with Crippen molar-refractivity contribution in [2.45, 2.75) is 19.3 Å². The Bertz CT molecular complexity index is 709. The molecule has 0 radical (unpaired) electrons. The van der Waals surface area contributed by atoms with E-state index in [2.05, 4.69) is 10.4 Å². The number of hydrogen-bond acceptors (Lipinski definition) is 2. The summed E-state index contributed by atoms with van der Waals surface area (Å²) in [5.74, 6) is 0.702. The number of benzene rings is 1. The van der Waals surface area contributed by atoms with Crippen LogP contribution in [0.15, 0.2) is 18.2 Å². The van der Waals surface area contributed by atoms with E-state index in [9.17, 15) is 4.79 Å². The molecule has 1 aromatic carbocycles. The fraction of sp³-hybridized carbons (Fsp3) is 0.286. The number of aromatic nitrogens is 2. The number of anilines is 1. The number of carbonyl (C=O) groups excluding carboxylic acids is 1. The Kier molecular flexibility index (Phi) is 3.22. The van der Waals surface area contributed by atoms with Crippen LogP contribution in [-0.2, 0) is 11.8 Å². The van der Waals surface area contributed by atoms with Gasteiger partial charge in [-0.15, -0.1) is 0 Å². The van der Waals surface area contributed by atoms with Gasteiger partial charge in [0, 0.05) is 24.9 Å². The number of aryl methyl sites for hydroxylation is 2. The van der Waals surface area contributed by atoms with Gasteiger partial charge in [0.1, 0.15) is 5.82 Å². The molecular weight excluding hydrogens is 297 g/mol.